The van der Waals surface area contributed by atoms with Crippen molar-refractivity contribution >= 4 is 42.4 Å². The molecule has 1 fully saturated rings. The van der Waals surface area contributed by atoms with Gasteiger partial charge in [0.15, 0.2) is 15.0 Å². The van der Waals surface area contributed by atoms with Gasteiger partial charge in [0.05, 0.1) is 28.6 Å². The van der Waals surface area contributed by atoms with E-state index in [9.17, 15) is 17.6 Å². The lowest BCUT2D eigenvalue weighted by molar-refractivity contribution is 0.0376. The van der Waals surface area contributed by atoms with Crippen LogP contribution in [-0.2, 0) is 14.6 Å². The van der Waals surface area contributed by atoms with Gasteiger partial charge in [-0.25, -0.2) is 17.8 Å². The molecule has 2 aromatic carbocycles. The van der Waals surface area contributed by atoms with E-state index in [4.69, 9.17) is 4.74 Å². The van der Waals surface area contributed by atoms with E-state index >= 15 is 0 Å². The van der Waals surface area contributed by atoms with Gasteiger partial charge < -0.3 is 4.74 Å². The van der Waals surface area contributed by atoms with E-state index in [2.05, 4.69) is 9.88 Å². The number of morpholine rings is 1. The highest BCUT2D eigenvalue weighted by molar-refractivity contribution is 7.91. The lowest BCUT2D eigenvalue weighted by Gasteiger charge is -2.27. The summed E-state index contributed by atoms with van der Waals surface area (Å²) in [5.74, 6) is -0.729. The van der Waals surface area contributed by atoms with E-state index in [0.717, 1.165) is 19.6 Å². The second-order valence-corrected chi connectivity index (χ2v) is 11.1. The van der Waals surface area contributed by atoms with Gasteiger partial charge in [0, 0.05) is 31.7 Å². The Hall–Kier alpha value is -2.40. The average molecular weight is 492 g/mol. The molecule has 1 saturated heterocycles. The fraction of sp³-hybridized carbons (Fsp3) is 0.391. The van der Waals surface area contributed by atoms with Crippen LogP contribution in [0.25, 0.3) is 10.2 Å². The van der Waals surface area contributed by atoms with Crippen molar-refractivity contribution in [2.45, 2.75) is 18.2 Å². The molecule has 0 unspecified atom stereocenters. The maximum atomic E-state index is 14.2. The SMILES string of the molecule is CCS(=O)(=O)c1ccc(C(=O)N(CCCN2CCOCC2)c2nc3c(F)cccc3s2)cc1. The first-order chi connectivity index (χ1) is 15.9. The van der Waals surface area contributed by atoms with Gasteiger partial charge in [-0.15, -0.1) is 0 Å². The molecule has 1 amide bonds. The van der Waals surface area contributed by atoms with Gasteiger partial charge >= 0.3 is 0 Å². The second kappa shape index (κ2) is 10.3. The van der Waals surface area contributed by atoms with Crippen LogP contribution in [0.4, 0.5) is 9.52 Å². The van der Waals surface area contributed by atoms with Crippen LogP contribution in [-0.4, -0.2) is 69.4 Å². The minimum absolute atomic E-state index is 0.00870. The van der Waals surface area contributed by atoms with Crippen molar-refractivity contribution in [2.24, 2.45) is 0 Å². The third kappa shape index (κ3) is 5.40. The van der Waals surface area contributed by atoms with Crippen molar-refractivity contribution in [2.75, 3.05) is 50.0 Å². The van der Waals surface area contributed by atoms with E-state index in [1.54, 1.807) is 24.0 Å². The van der Waals surface area contributed by atoms with Crippen LogP contribution in [0.15, 0.2) is 47.4 Å². The molecule has 0 N–H and O–H groups in total. The normalized spacial score (nSPS) is 15.1. The first-order valence-corrected chi connectivity index (χ1v) is 13.4. The number of para-hydroxylation sites is 1. The van der Waals surface area contributed by atoms with Crippen LogP contribution in [0.1, 0.15) is 23.7 Å². The molecule has 1 aromatic heterocycles. The quantitative estimate of drug-likeness (QED) is 0.479. The van der Waals surface area contributed by atoms with E-state index < -0.39 is 15.7 Å². The van der Waals surface area contributed by atoms with Crippen molar-refractivity contribution in [1.29, 1.82) is 0 Å². The molecule has 2 heterocycles. The largest absolute Gasteiger partial charge is 0.379 e. The Kier molecular flexibility index (Phi) is 7.38. The predicted molar refractivity (Wildman–Crippen MR) is 127 cm³/mol. The molecule has 4 rings (SSSR count). The molecule has 0 atom stereocenters. The van der Waals surface area contributed by atoms with E-state index in [0.29, 0.717) is 41.6 Å². The first kappa shape index (κ1) is 23.7. The summed E-state index contributed by atoms with van der Waals surface area (Å²) in [5.41, 5.74) is 0.601. The van der Waals surface area contributed by atoms with Crippen molar-refractivity contribution < 1.29 is 22.3 Å². The Morgan fingerprint density at radius 1 is 1.18 bits per heavy atom. The number of carbonyl (C=O) groups is 1. The zero-order chi connectivity index (χ0) is 23.4. The molecule has 0 radical (unpaired) electrons. The van der Waals surface area contributed by atoms with Gasteiger partial charge in [-0.2, -0.15) is 0 Å². The van der Waals surface area contributed by atoms with Crippen LogP contribution < -0.4 is 4.90 Å². The molecule has 0 aliphatic carbocycles. The summed E-state index contributed by atoms with van der Waals surface area (Å²) in [6, 6.07) is 10.7. The van der Waals surface area contributed by atoms with Gasteiger partial charge in [0.2, 0.25) is 0 Å². The molecule has 1 aliphatic rings. The number of hydrogen-bond acceptors (Lipinski definition) is 7. The Balaban J connectivity index is 1.59. The number of amides is 1. The van der Waals surface area contributed by atoms with E-state index in [-0.39, 0.29) is 22.1 Å². The third-order valence-corrected chi connectivity index (χ3v) is 8.43. The zero-order valence-electron chi connectivity index (χ0n) is 18.4. The zero-order valence-corrected chi connectivity index (χ0v) is 20.0. The van der Waals surface area contributed by atoms with Gasteiger partial charge in [-0.1, -0.05) is 24.3 Å². The standard InChI is InChI=1S/C23H26FN3O4S2/c1-2-33(29,30)18-9-7-17(8-10-18)22(28)27(12-4-11-26-13-15-31-16-14-26)23-25-21-19(24)5-3-6-20(21)32-23/h3,5-10H,2,4,11-16H2,1H3. The number of fused-ring (bicyclic) bond motifs is 1. The molecule has 7 nitrogen and oxygen atoms in total. The van der Waals surface area contributed by atoms with Gasteiger partial charge in [-0.05, 0) is 42.8 Å². The molecule has 1 aliphatic heterocycles. The highest BCUT2D eigenvalue weighted by atomic mass is 32.2. The second-order valence-electron chi connectivity index (χ2n) is 7.78. The monoisotopic (exact) mass is 491 g/mol. The number of halogens is 1. The number of aromatic nitrogens is 1. The highest BCUT2D eigenvalue weighted by Crippen LogP contribution is 2.31. The van der Waals surface area contributed by atoms with Crippen molar-refractivity contribution in [3.05, 3.63) is 53.8 Å². The Bertz CT molecular complexity index is 1220. The Morgan fingerprint density at radius 3 is 2.58 bits per heavy atom. The molecule has 3 aromatic rings. The number of carbonyl (C=O) groups excluding carboxylic acids is 1. The van der Waals surface area contributed by atoms with E-state index in [1.807, 2.05) is 0 Å². The predicted octanol–water partition coefficient (Wildman–Crippen LogP) is 3.60. The number of rotatable bonds is 8. The van der Waals surface area contributed by atoms with Crippen LogP contribution in [0.2, 0.25) is 0 Å². The topological polar surface area (TPSA) is 79.8 Å². The maximum absolute atomic E-state index is 14.2. The van der Waals surface area contributed by atoms with Crippen LogP contribution >= 0.6 is 11.3 Å². The Morgan fingerprint density at radius 2 is 1.91 bits per heavy atom. The number of thiazole rings is 1. The highest BCUT2D eigenvalue weighted by Gasteiger charge is 2.23. The van der Waals surface area contributed by atoms with Crippen molar-refractivity contribution in [3.8, 4) is 0 Å². The van der Waals surface area contributed by atoms with E-state index in [1.165, 1.54) is 41.7 Å². The smallest absolute Gasteiger partial charge is 0.260 e. The molecular weight excluding hydrogens is 465 g/mol. The molecule has 0 bridgehead atoms. The molecule has 0 saturated carbocycles. The fourth-order valence-electron chi connectivity index (χ4n) is 3.71. The summed E-state index contributed by atoms with van der Waals surface area (Å²) in [5, 5.41) is 0.423. The van der Waals surface area contributed by atoms with Crippen molar-refractivity contribution in [3.63, 3.8) is 0 Å². The number of sulfone groups is 1. The summed E-state index contributed by atoms with van der Waals surface area (Å²) >= 11 is 1.26. The minimum atomic E-state index is -3.35. The van der Waals surface area contributed by atoms with Gasteiger partial charge in [0.25, 0.3) is 5.91 Å². The van der Waals surface area contributed by atoms with Gasteiger partial charge in [-0.3, -0.25) is 14.6 Å². The molecule has 176 valence electrons. The summed E-state index contributed by atoms with van der Waals surface area (Å²) in [6.45, 7) is 5.91. The molecule has 33 heavy (non-hydrogen) atoms. The Labute approximate surface area is 196 Å². The van der Waals surface area contributed by atoms with Crippen LogP contribution in [0.5, 0.6) is 0 Å². The van der Waals surface area contributed by atoms with Gasteiger partial charge in [0.1, 0.15) is 11.3 Å². The first-order valence-electron chi connectivity index (χ1n) is 10.9. The average Bonchev–Trinajstić information content (AvgIpc) is 3.27. The number of ether oxygens (including phenoxy) is 1. The lowest BCUT2D eigenvalue weighted by atomic mass is 10.2. The summed E-state index contributed by atoms with van der Waals surface area (Å²) in [4.78, 5) is 21.9. The number of anilines is 1. The molecule has 10 heteroatoms. The molecule has 0 spiro atoms. The summed E-state index contributed by atoms with van der Waals surface area (Å²) in [7, 11) is -3.35. The van der Waals surface area contributed by atoms with Crippen molar-refractivity contribution in [1.82, 2.24) is 9.88 Å². The maximum Gasteiger partial charge on any atom is 0.260 e. The number of hydrogen-bond donors (Lipinski definition) is 0. The number of nitrogens with zero attached hydrogens (tertiary/aromatic N) is 3. The lowest BCUT2D eigenvalue weighted by Crippen LogP contribution is -2.39. The van der Waals surface area contributed by atoms with Crippen LogP contribution in [0, 0.1) is 5.82 Å². The fourth-order valence-corrected chi connectivity index (χ4v) is 5.60. The summed E-state index contributed by atoms with van der Waals surface area (Å²) < 4.78 is 44.5. The minimum Gasteiger partial charge on any atom is -0.379 e. The number of benzene rings is 2. The summed E-state index contributed by atoms with van der Waals surface area (Å²) in [6.07, 6.45) is 0.715. The van der Waals surface area contributed by atoms with Crippen LogP contribution in [0.3, 0.4) is 0 Å². The molecular formula is C23H26FN3O4S2. The third-order valence-electron chi connectivity index (χ3n) is 5.63.